The lowest BCUT2D eigenvalue weighted by Gasteiger charge is -2.38. The van der Waals surface area contributed by atoms with Crippen LogP contribution >= 0.6 is 0 Å². The minimum absolute atomic E-state index is 0.314. The number of piperazine rings is 1. The SMILES string of the molecule is N#C/C=C(/NC(=O)NCc1ccccc1)N1CCN(c2ccccc2)CC1. The Morgan fingerprint density at radius 2 is 1.63 bits per heavy atom. The number of hydrogen-bond acceptors (Lipinski definition) is 4. The van der Waals surface area contributed by atoms with E-state index in [1.807, 2.05) is 59.5 Å². The smallest absolute Gasteiger partial charge is 0.320 e. The molecule has 1 fully saturated rings. The Bertz CT molecular complexity index is 805. The third-order valence-electron chi connectivity index (χ3n) is 4.48. The molecule has 0 atom stereocenters. The standard InChI is InChI=1S/C21H23N5O/c22-12-11-20(24-21(27)23-17-18-7-3-1-4-8-18)26-15-13-25(14-16-26)19-9-5-2-6-10-19/h1-11H,13-17H2,(H2,23,24,27)/b20-11-. The Labute approximate surface area is 159 Å². The second-order valence-corrected chi connectivity index (χ2v) is 6.26. The Hall–Kier alpha value is -3.46. The van der Waals surface area contributed by atoms with E-state index in [1.165, 1.54) is 11.8 Å². The van der Waals surface area contributed by atoms with Crippen LogP contribution in [-0.4, -0.2) is 37.1 Å². The van der Waals surface area contributed by atoms with Gasteiger partial charge in [-0.15, -0.1) is 0 Å². The highest BCUT2D eigenvalue weighted by Gasteiger charge is 2.20. The van der Waals surface area contributed by atoms with Gasteiger partial charge in [-0.25, -0.2) is 4.79 Å². The zero-order chi connectivity index (χ0) is 18.9. The predicted molar refractivity (Wildman–Crippen MR) is 106 cm³/mol. The number of nitriles is 1. The Balaban J connectivity index is 1.53. The summed E-state index contributed by atoms with van der Waals surface area (Å²) in [6.45, 7) is 3.58. The lowest BCUT2D eigenvalue weighted by molar-refractivity contribution is 0.234. The second kappa shape index (κ2) is 9.30. The summed E-state index contributed by atoms with van der Waals surface area (Å²) in [5, 5.41) is 14.7. The lowest BCUT2D eigenvalue weighted by atomic mass is 10.2. The van der Waals surface area contributed by atoms with Gasteiger partial charge in [-0.2, -0.15) is 5.26 Å². The molecule has 2 aromatic carbocycles. The van der Waals surface area contributed by atoms with Crippen molar-refractivity contribution in [3.05, 3.63) is 78.1 Å². The molecule has 0 aliphatic carbocycles. The number of nitrogens with one attached hydrogen (secondary N) is 2. The number of amides is 2. The van der Waals surface area contributed by atoms with Crippen LogP contribution in [0.15, 0.2) is 72.6 Å². The molecule has 2 aromatic rings. The summed E-state index contributed by atoms with van der Waals surface area (Å²) < 4.78 is 0. The molecular formula is C21H23N5O. The number of urea groups is 1. The predicted octanol–water partition coefficient (Wildman–Crippen LogP) is 2.67. The number of anilines is 1. The van der Waals surface area contributed by atoms with E-state index in [9.17, 15) is 4.79 Å². The first-order valence-electron chi connectivity index (χ1n) is 9.00. The third-order valence-corrected chi connectivity index (χ3v) is 4.48. The third kappa shape index (κ3) is 5.25. The van der Waals surface area contributed by atoms with Gasteiger partial charge in [0.2, 0.25) is 0 Å². The molecule has 1 saturated heterocycles. The Morgan fingerprint density at radius 3 is 2.26 bits per heavy atom. The van der Waals surface area contributed by atoms with Gasteiger partial charge in [-0.3, -0.25) is 5.32 Å². The Kier molecular flexibility index (Phi) is 6.31. The fourth-order valence-electron chi connectivity index (χ4n) is 3.05. The second-order valence-electron chi connectivity index (χ2n) is 6.26. The molecule has 0 saturated carbocycles. The monoisotopic (exact) mass is 361 g/mol. The number of benzene rings is 2. The lowest BCUT2D eigenvalue weighted by Crippen LogP contribution is -2.49. The van der Waals surface area contributed by atoms with Gasteiger partial charge in [-0.05, 0) is 17.7 Å². The molecule has 0 spiro atoms. The maximum atomic E-state index is 12.2. The summed E-state index contributed by atoms with van der Waals surface area (Å²) in [5.74, 6) is 0.538. The molecule has 1 aliphatic heterocycles. The van der Waals surface area contributed by atoms with E-state index in [0.717, 1.165) is 31.7 Å². The first kappa shape index (κ1) is 18.3. The van der Waals surface area contributed by atoms with Gasteiger partial charge in [0, 0.05) is 38.4 Å². The van der Waals surface area contributed by atoms with Gasteiger partial charge < -0.3 is 15.1 Å². The van der Waals surface area contributed by atoms with Crippen molar-refractivity contribution in [1.29, 1.82) is 5.26 Å². The Morgan fingerprint density at radius 1 is 1.00 bits per heavy atom. The minimum Gasteiger partial charge on any atom is -0.368 e. The number of rotatable bonds is 5. The molecule has 0 radical (unpaired) electrons. The topological polar surface area (TPSA) is 71.4 Å². The number of para-hydroxylation sites is 1. The normalized spacial score (nSPS) is 14.4. The van der Waals surface area contributed by atoms with Gasteiger partial charge >= 0.3 is 6.03 Å². The fraction of sp³-hybridized carbons (Fsp3) is 0.238. The highest BCUT2D eigenvalue weighted by atomic mass is 16.2. The molecule has 2 amide bonds. The van der Waals surface area contributed by atoms with Crippen LogP contribution in [0.1, 0.15) is 5.56 Å². The van der Waals surface area contributed by atoms with Crippen LogP contribution in [0.25, 0.3) is 0 Å². The van der Waals surface area contributed by atoms with Crippen molar-refractivity contribution < 1.29 is 4.79 Å². The number of allylic oxidation sites excluding steroid dienone is 1. The van der Waals surface area contributed by atoms with E-state index < -0.39 is 0 Å². The van der Waals surface area contributed by atoms with Crippen LogP contribution in [0, 0.1) is 11.3 Å². The molecule has 3 rings (SSSR count). The summed E-state index contributed by atoms with van der Waals surface area (Å²) >= 11 is 0. The fourth-order valence-corrected chi connectivity index (χ4v) is 3.05. The maximum absolute atomic E-state index is 12.2. The molecule has 27 heavy (non-hydrogen) atoms. The summed E-state index contributed by atoms with van der Waals surface area (Å²) in [7, 11) is 0. The molecule has 138 valence electrons. The first-order chi connectivity index (χ1) is 13.3. The molecule has 6 nitrogen and oxygen atoms in total. The van der Waals surface area contributed by atoms with E-state index >= 15 is 0 Å². The van der Waals surface area contributed by atoms with Gasteiger partial charge in [0.1, 0.15) is 5.82 Å². The van der Waals surface area contributed by atoms with Crippen molar-refractivity contribution in [2.24, 2.45) is 0 Å². The van der Waals surface area contributed by atoms with Gasteiger partial charge in [0.25, 0.3) is 0 Å². The zero-order valence-electron chi connectivity index (χ0n) is 15.1. The van der Waals surface area contributed by atoms with Crippen molar-refractivity contribution in [3.8, 4) is 6.07 Å². The quantitative estimate of drug-likeness (QED) is 0.803. The molecule has 6 heteroatoms. The molecule has 0 aromatic heterocycles. The average Bonchev–Trinajstić information content (AvgIpc) is 2.73. The minimum atomic E-state index is -0.314. The van der Waals surface area contributed by atoms with E-state index in [-0.39, 0.29) is 6.03 Å². The van der Waals surface area contributed by atoms with Gasteiger partial charge in [-0.1, -0.05) is 48.5 Å². The molecule has 0 unspecified atom stereocenters. The maximum Gasteiger partial charge on any atom is 0.320 e. The number of hydrogen-bond donors (Lipinski definition) is 2. The van der Waals surface area contributed by atoms with Crippen molar-refractivity contribution in [2.75, 3.05) is 31.1 Å². The highest BCUT2D eigenvalue weighted by Crippen LogP contribution is 2.17. The molecule has 2 N–H and O–H groups in total. The van der Waals surface area contributed by atoms with Gasteiger partial charge in [0.05, 0.1) is 12.1 Å². The number of nitrogens with zero attached hydrogens (tertiary/aromatic N) is 3. The van der Waals surface area contributed by atoms with E-state index in [0.29, 0.717) is 12.4 Å². The van der Waals surface area contributed by atoms with Crippen molar-refractivity contribution in [3.63, 3.8) is 0 Å². The van der Waals surface area contributed by atoms with Crippen LogP contribution in [0.5, 0.6) is 0 Å². The van der Waals surface area contributed by atoms with E-state index in [4.69, 9.17) is 5.26 Å². The van der Waals surface area contributed by atoms with Crippen molar-refractivity contribution >= 4 is 11.7 Å². The van der Waals surface area contributed by atoms with Gasteiger partial charge in [0.15, 0.2) is 0 Å². The largest absolute Gasteiger partial charge is 0.368 e. The summed E-state index contributed by atoms with van der Waals surface area (Å²) in [6.07, 6.45) is 1.39. The van der Waals surface area contributed by atoms with E-state index in [1.54, 1.807) is 0 Å². The van der Waals surface area contributed by atoms with E-state index in [2.05, 4.69) is 27.7 Å². The molecular weight excluding hydrogens is 338 g/mol. The van der Waals surface area contributed by atoms with Crippen LogP contribution in [-0.2, 0) is 6.54 Å². The molecule has 0 bridgehead atoms. The van der Waals surface area contributed by atoms with Crippen LogP contribution in [0.2, 0.25) is 0 Å². The molecule has 1 heterocycles. The number of carbonyl (C=O) groups is 1. The zero-order valence-corrected chi connectivity index (χ0v) is 15.1. The summed E-state index contributed by atoms with van der Waals surface area (Å²) in [6, 6.07) is 21.7. The van der Waals surface area contributed by atoms with Crippen LogP contribution in [0.4, 0.5) is 10.5 Å². The summed E-state index contributed by atoms with van der Waals surface area (Å²) in [4.78, 5) is 16.6. The highest BCUT2D eigenvalue weighted by molar-refractivity contribution is 5.75. The number of carbonyl (C=O) groups excluding carboxylic acids is 1. The molecule has 1 aliphatic rings. The van der Waals surface area contributed by atoms with Crippen LogP contribution < -0.4 is 15.5 Å². The van der Waals surface area contributed by atoms with Crippen molar-refractivity contribution in [1.82, 2.24) is 15.5 Å². The van der Waals surface area contributed by atoms with Crippen molar-refractivity contribution in [2.45, 2.75) is 6.54 Å². The summed E-state index contributed by atoms with van der Waals surface area (Å²) in [5.41, 5.74) is 2.21. The van der Waals surface area contributed by atoms with Crippen LogP contribution in [0.3, 0.4) is 0 Å². The average molecular weight is 361 g/mol. The first-order valence-corrected chi connectivity index (χ1v) is 9.00.